The van der Waals surface area contributed by atoms with Gasteiger partial charge in [-0.2, -0.15) is 5.10 Å². The first-order valence-corrected chi connectivity index (χ1v) is 6.79. The van der Waals surface area contributed by atoms with Gasteiger partial charge < -0.3 is 9.88 Å². The van der Waals surface area contributed by atoms with E-state index in [-0.39, 0.29) is 12.4 Å². The fourth-order valence-corrected chi connectivity index (χ4v) is 2.27. The fraction of sp³-hybridized carbons (Fsp3) is 0.600. The maximum atomic E-state index is 4.36. The average molecular weight is 304 g/mol. The van der Waals surface area contributed by atoms with Crippen molar-refractivity contribution in [1.82, 2.24) is 35.3 Å². The molecule has 2 aromatic rings. The Labute approximate surface area is 122 Å². The quantitative estimate of drug-likeness (QED) is 0.772. The van der Waals surface area contributed by atoms with Crippen LogP contribution in [0.2, 0.25) is 0 Å². The summed E-state index contributed by atoms with van der Waals surface area (Å²) in [5.74, 6) is 3.36. The zero-order valence-electron chi connectivity index (χ0n) is 11.2. The molecule has 2 aromatic heterocycles. The van der Waals surface area contributed by atoms with E-state index >= 15 is 0 Å². The van der Waals surface area contributed by atoms with Crippen LogP contribution in [-0.4, -0.2) is 37.0 Å². The van der Waals surface area contributed by atoms with E-state index in [9.17, 15) is 0 Å². The summed E-state index contributed by atoms with van der Waals surface area (Å²) in [7, 11) is 3.86. The Bertz CT molecular complexity index is 510. The summed E-state index contributed by atoms with van der Waals surface area (Å²) in [6.07, 6.45) is 0.845. The van der Waals surface area contributed by atoms with E-state index in [1.165, 1.54) is 0 Å². The molecule has 0 spiro atoms. The Kier molecular flexibility index (Phi) is 6.26. The third-order valence-electron chi connectivity index (χ3n) is 2.49. The topological polar surface area (TPSA) is 84.3 Å². The molecule has 0 saturated heterocycles. The van der Waals surface area contributed by atoms with Crippen molar-refractivity contribution in [3.63, 3.8) is 0 Å². The summed E-state index contributed by atoms with van der Waals surface area (Å²) in [6.45, 7) is 2.75. The number of hydrogen-bond donors (Lipinski definition) is 2. The van der Waals surface area contributed by atoms with Gasteiger partial charge in [-0.1, -0.05) is 18.7 Å². The van der Waals surface area contributed by atoms with Gasteiger partial charge in [0.2, 0.25) is 0 Å². The van der Waals surface area contributed by atoms with Crippen molar-refractivity contribution in [2.75, 3.05) is 7.05 Å². The molecule has 7 nitrogen and oxygen atoms in total. The van der Waals surface area contributed by atoms with Crippen molar-refractivity contribution in [3.8, 4) is 0 Å². The van der Waals surface area contributed by atoms with Gasteiger partial charge in [0.25, 0.3) is 0 Å². The number of halogens is 1. The number of nitrogens with zero attached hydrogens (tertiary/aromatic N) is 5. The summed E-state index contributed by atoms with van der Waals surface area (Å²) >= 11 is 1.60. The minimum atomic E-state index is 0. The average Bonchev–Trinajstić information content (AvgIpc) is 2.96. The van der Waals surface area contributed by atoms with E-state index in [4.69, 9.17) is 0 Å². The Morgan fingerprint density at radius 2 is 2.16 bits per heavy atom. The zero-order chi connectivity index (χ0) is 13.0. The predicted octanol–water partition coefficient (Wildman–Crippen LogP) is 0.929. The summed E-state index contributed by atoms with van der Waals surface area (Å²) in [5.41, 5.74) is 0. The molecule has 19 heavy (non-hydrogen) atoms. The second-order valence-corrected chi connectivity index (χ2v) is 4.77. The van der Waals surface area contributed by atoms with Gasteiger partial charge in [-0.15, -0.1) is 22.6 Å². The van der Waals surface area contributed by atoms with E-state index in [1.807, 2.05) is 25.6 Å². The van der Waals surface area contributed by atoms with E-state index in [2.05, 4.69) is 30.7 Å². The van der Waals surface area contributed by atoms with Gasteiger partial charge in [0.15, 0.2) is 5.16 Å². The molecule has 106 valence electrons. The second kappa shape index (κ2) is 7.46. The van der Waals surface area contributed by atoms with Crippen LogP contribution in [0.25, 0.3) is 0 Å². The Balaban J connectivity index is 0.00000180. The summed E-state index contributed by atoms with van der Waals surface area (Å²) in [6, 6.07) is 0. The Morgan fingerprint density at radius 1 is 1.37 bits per heavy atom. The number of thioether (sulfide) groups is 1. The van der Waals surface area contributed by atoms with Gasteiger partial charge in [-0.3, -0.25) is 5.10 Å². The molecule has 0 aliphatic rings. The molecular weight excluding hydrogens is 286 g/mol. The normalized spacial score (nSPS) is 10.5. The highest BCUT2D eigenvalue weighted by atomic mass is 35.5. The first kappa shape index (κ1) is 15.9. The first-order valence-electron chi connectivity index (χ1n) is 5.80. The lowest BCUT2D eigenvalue weighted by Gasteiger charge is -2.01. The van der Waals surface area contributed by atoms with Crippen molar-refractivity contribution in [2.45, 2.75) is 30.8 Å². The van der Waals surface area contributed by atoms with Crippen LogP contribution in [0.5, 0.6) is 0 Å². The number of aromatic nitrogens is 6. The SMILES string of the molecule is CCc1n[nH]c(CSc2nnc(CNC)n2C)n1.Cl. The minimum Gasteiger partial charge on any atom is -0.313 e. The van der Waals surface area contributed by atoms with Gasteiger partial charge in [-0.25, -0.2) is 4.98 Å². The van der Waals surface area contributed by atoms with Crippen molar-refractivity contribution < 1.29 is 0 Å². The standard InChI is InChI=1S/C10H17N7S.ClH/c1-4-7-12-8(14-13-7)6-18-10-16-15-9(5-11-2)17(10)3;/h11H,4-6H2,1-3H3,(H,12,13,14);1H. The molecule has 0 aliphatic heterocycles. The van der Waals surface area contributed by atoms with Gasteiger partial charge in [0, 0.05) is 13.5 Å². The van der Waals surface area contributed by atoms with E-state index in [1.54, 1.807) is 11.8 Å². The van der Waals surface area contributed by atoms with Gasteiger partial charge in [0.1, 0.15) is 17.5 Å². The molecule has 0 amide bonds. The zero-order valence-corrected chi connectivity index (χ0v) is 12.8. The molecule has 2 N–H and O–H groups in total. The summed E-state index contributed by atoms with van der Waals surface area (Å²) < 4.78 is 1.98. The fourth-order valence-electron chi connectivity index (χ4n) is 1.47. The molecule has 0 aromatic carbocycles. The number of aryl methyl sites for hydroxylation is 1. The lowest BCUT2D eigenvalue weighted by atomic mass is 10.5. The molecule has 0 radical (unpaired) electrons. The predicted molar refractivity (Wildman–Crippen MR) is 76.3 cm³/mol. The smallest absolute Gasteiger partial charge is 0.191 e. The number of nitrogens with one attached hydrogen (secondary N) is 2. The third-order valence-corrected chi connectivity index (χ3v) is 3.52. The van der Waals surface area contributed by atoms with Crippen molar-refractivity contribution in [3.05, 3.63) is 17.5 Å². The number of H-pyrrole nitrogens is 1. The highest BCUT2D eigenvalue weighted by Crippen LogP contribution is 2.19. The van der Waals surface area contributed by atoms with E-state index in [0.29, 0.717) is 6.54 Å². The molecule has 0 fully saturated rings. The summed E-state index contributed by atoms with van der Waals surface area (Å²) in [4.78, 5) is 4.36. The highest BCUT2D eigenvalue weighted by Gasteiger charge is 2.09. The molecule has 0 unspecified atom stereocenters. The Morgan fingerprint density at radius 3 is 2.79 bits per heavy atom. The van der Waals surface area contributed by atoms with E-state index < -0.39 is 0 Å². The molecule has 0 atom stereocenters. The van der Waals surface area contributed by atoms with Crippen LogP contribution in [0.15, 0.2) is 5.16 Å². The monoisotopic (exact) mass is 303 g/mol. The molecule has 0 aliphatic carbocycles. The molecule has 2 rings (SSSR count). The van der Waals surface area contributed by atoms with Crippen LogP contribution in [-0.2, 0) is 25.8 Å². The lowest BCUT2D eigenvalue weighted by Crippen LogP contribution is -2.10. The molecule has 0 bridgehead atoms. The number of aromatic amines is 1. The second-order valence-electron chi connectivity index (χ2n) is 3.83. The maximum Gasteiger partial charge on any atom is 0.191 e. The van der Waals surface area contributed by atoms with Gasteiger partial charge in [0.05, 0.1) is 12.3 Å². The van der Waals surface area contributed by atoms with Crippen LogP contribution in [0.4, 0.5) is 0 Å². The summed E-state index contributed by atoms with van der Waals surface area (Å²) in [5, 5.41) is 19.2. The molecule has 9 heteroatoms. The lowest BCUT2D eigenvalue weighted by molar-refractivity contribution is 0.682. The molecular formula is C10H18ClN7S. The van der Waals surface area contributed by atoms with Gasteiger partial charge in [-0.05, 0) is 7.05 Å². The van der Waals surface area contributed by atoms with Crippen molar-refractivity contribution in [2.24, 2.45) is 7.05 Å². The third kappa shape index (κ3) is 3.92. The number of rotatable bonds is 6. The number of hydrogen-bond acceptors (Lipinski definition) is 6. The largest absolute Gasteiger partial charge is 0.313 e. The van der Waals surface area contributed by atoms with Crippen LogP contribution in [0, 0.1) is 0 Å². The molecule has 0 saturated carbocycles. The minimum absolute atomic E-state index is 0. The maximum absolute atomic E-state index is 4.36. The van der Waals surface area contributed by atoms with Crippen molar-refractivity contribution >= 4 is 24.2 Å². The Hall–Kier alpha value is -1.12. The van der Waals surface area contributed by atoms with Crippen LogP contribution in [0.3, 0.4) is 0 Å². The molecule has 2 heterocycles. The van der Waals surface area contributed by atoms with Gasteiger partial charge >= 0.3 is 0 Å². The van der Waals surface area contributed by atoms with Crippen LogP contribution in [0.1, 0.15) is 24.4 Å². The van der Waals surface area contributed by atoms with Crippen LogP contribution < -0.4 is 5.32 Å². The first-order chi connectivity index (χ1) is 8.74. The van der Waals surface area contributed by atoms with E-state index in [0.717, 1.165) is 34.8 Å². The van der Waals surface area contributed by atoms with Crippen LogP contribution >= 0.6 is 24.2 Å². The van der Waals surface area contributed by atoms with Crippen molar-refractivity contribution in [1.29, 1.82) is 0 Å². The highest BCUT2D eigenvalue weighted by molar-refractivity contribution is 7.98.